The fraction of sp³-hybridized carbons (Fsp3) is 0. The summed E-state index contributed by atoms with van der Waals surface area (Å²) in [7, 11) is 0. The van der Waals surface area contributed by atoms with Crippen LogP contribution in [0.15, 0.2) is 47.0 Å². The van der Waals surface area contributed by atoms with E-state index in [1.54, 1.807) is 30.3 Å². The van der Waals surface area contributed by atoms with E-state index in [0.717, 1.165) is 5.39 Å². The minimum absolute atomic E-state index is 0.00989. The van der Waals surface area contributed by atoms with Crippen molar-refractivity contribution in [3.8, 4) is 11.3 Å². The lowest BCUT2D eigenvalue weighted by Gasteiger charge is -1.97. The van der Waals surface area contributed by atoms with Crippen LogP contribution in [0.25, 0.3) is 22.2 Å². The van der Waals surface area contributed by atoms with Gasteiger partial charge in [0.15, 0.2) is 5.58 Å². The van der Waals surface area contributed by atoms with Crippen LogP contribution < -0.4 is 0 Å². The quantitative estimate of drug-likeness (QED) is 0.522. The number of aromatic nitrogens is 1. The van der Waals surface area contributed by atoms with Crippen molar-refractivity contribution < 1.29 is 9.45 Å². The third kappa shape index (κ3) is 2.04. The van der Waals surface area contributed by atoms with E-state index in [0.29, 0.717) is 21.9 Å². The summed E-state index contributed by atoms with van der Waals surface area (Å²) < 4.78 is 5.18. The summed E-state index contributed by atoms with van der Waals surface area (Å²) in [4.78, 5) is 10.3. The van der Waals surface area contributed by atoms with Crippen molar-refractivity contribution in [2.24, 2.45) is 0 Å². The topological polar surface area (TPSA) is 69.2 Å². The molecule has 3 rings (SSSR count). The van der Waals surface area contributed by atoms with Crippen LogP contribution in [-0.2, 0) is 0 Å². The first kappa shape index (κ1) is 11.7. The summed E-state index contributed by atoms with van der Waals surface area (Å²) in [6.07, 6.45) is 0. The van der Waals surface area contributed by atoms with E-state index in [9.17, 15) is 10.1 Å². The summed E-state index contributed by atoms with van der Waals surface area (Å²) in [5, 5.41) is 16.0. The Morgan fingerprint density at radius 3 is 2.84 bits per heavy atom. The van der Waals surface area contributed by atoms with Gasteiger partial charge < -0.3 is 4.52 Å². The lowest BCUT2D eigenvalue weighted by Crippen LogP contribution is -1.88. The van der Waals surface area contributed by atoms with E-state index in [-0.39, 0.29) is 5.69 Å². The van der Waals surface area contributed by atoms with Gasteiger partial charge in [-0.15, -0.1) is 0 Å². The fourth-order valence-corrected chi connectivity index (χ4v) is 2.06. The van der Waals surface area contributed by atoms with Gasteiger partial charge in [-0.2, -0.15) is 0 Å². The van der Waals surface area contributed by atoms with Crippen LogP contribution in [0, 0.1) is 10.1 Å². The molecule has 0 aliphatic heterocycles. The molecule has 0 unspecified atom stereocenters. The molecule has 0 radical (unpaired) electrons. The van der Waals surface area contributed by atoms with E-state index in [2.05, 4.69) is 5.16 Å². The minimum Gasteiger partial charge on any atom is -0.356 e. The summed E-state index contributed by atoms with van der Waals surface area (Å²) in [6.45, 7) is 0. The van der Waals surface area contributed by atoms with E-state index >= 15 is 0 Å². The van der Waals surface area contributed by atoms with E-state index < -0.39 is 4.92 Å². The summed E-state index contributed by atoms with van der Waals surface area (Å²) in [5.74, 6) is 0. The first-order valence-electron chi connectivity index (χ1n) is 5.45. The summed E-state index contributed by atoms with van der Waals surface area (Å²) in [5.41, 5.74) is 1.76. The average Bonchev–Trinajstić information content (AvgIpc) is 2.81. The maximum atomic E-state index is 10.8. The Labute approximate surface area is 112 Å². The van der Waals surface area contributed by atoms with Crippen LogP contribution in [0.5, 0.6) is 0 Å². The molecule has 19 heavy (non-hydrogen) atoms. The first-order valence-corrected chi connectivity index (χ1v) is 5.83. The Hall–Kier alpha value is -2.40. The zero-order valence-corrected chi connectivity index (χ0v) is 10.3. The van der Waals surface area contributed by atoms with Gasteiger partial charge in [0, 0.05) is 22.7 Å². The standard InChI is InChI=1S/C13H7ClN2O3/c14-9-4-5-12-11(7-9)13(15-19-12)8-2-1-3-10(6-8)16(17)18/h1-7H. The van der Waals surface area contributed by atoms with E-state index in [1.807, 2.05) is 0 Å². The molecule has 0 fully saturated rings. The zero-order valence-electron chi connectivity index (χ0n) is 9.54. The number of non-ortho nitro benzene ring substituents is 1. The van der Waals surface area contributed by atoms with Crippen LogP contribution in [0.1, 0.15) is 0 Å². The van der Waals surface area contributed by atoms with Gasteiger partial charge >= 0.3 is 0 Å². The number of fused-ring (bicyclic) bond motifs is 1. The van der Waals surface area contributed by atoms with Crippen molar-refractivity contribution in [1.29, 1.82) is 0 Å². The maximum Gasteiger partial charge on any atom is 0.270 e. The highest BCUT2D eigenvalue weighted by molar-refractivity contribution is 6.31. The number of halogens is 1. The number of nitro benzene ring substituents is 1. The lowest BCUT2D eigenvalue weighted by atomic mass is 10.1. The molecule has 0 aliphatic carbocycles. The number of nitro groups is 1. The number of benzene rings is 2. The van der Waals surface area contributed by atoms with Crippen LogP contribution in [0.2, 0.25) is 5.02 Å². The molecule has 0 N–H and O–H groups in total. The number of rotatable bonds is 2. The van der Waals surface area contributed by atoms with Crippen molar-refractivity contribution in [2.45, 2.75) is 0 Å². The van der Waals surface area contributed by atoms with Crippen molar-refractivity contribution in [1.82, 2.24) is 5.16 Å². The molecular weight excluding hydrogens is 268 g/mol. The number of hydrogen-bond donors (Lipinski definition) is 0. The molecule has 0 spiro atoms. The monoisotopic (exact) mass is 274 g/mol. The second-order valence-electron chi connectivity index (χ2n) is 3.98. The second-order valence-corrected chi connectivity index (χ2v) is 4.42. The Balaban J connectivity index is 2.21. The first-order chi connectivity index (χ1) is 9.15. The van der Waals surface area contributed by atoms with Crippen LogP contribution in [-0.4, -0.2) is 10.1 Å². The van der Waals surface area contributed by atoms with Gasteiger partial charge in [-0.05, 0) is 18.2 Å². The van der Waals surface area contributed by atoms with Gasteiger partial charge in [-0.1, -0.05) is 28.9 Å². The van der Waals surface area contributed by atoms with Gasteiger partial charge in [0.25, 0.3) is 5.69 Å². The Kier molecular flexibility index (Phi) is 2.68. The molecule has 1 aromatic heterocycles. The van der Waals surface area contributed by atoms with Crippen molar-refractivity contribution in [2.75, 3.05) is 0 Å². The molecule has 0 saturated carbocycles. The summed E-state index contributed by atoms with van der Waals surface area (Å²) >= 11 is 5.94. The Morgan fingerprint density at radius 2 is 2.05 bits per heavy atom. The minimum atomic E-state index is -0.446. The van der Waals surface area contributed by atoms with Crippen LogP contribution in [0.4, 0.5) is 5.69 Å². The molecule has 1 heterocycles. The maximum absolute atomic E-state index is 10.8. The molecule has 94 valence electrons. The number of nitrogens with zero attached hydrogens (tertiary/aromatic N) is 2. The second kappa shape index (κ2) is 4.37. The number of hydrogen-bond acceptors (Lipinski definition) is 4. The van der Waals surface area contributed by atoms with Gasteiger partial charge in [0.2, 0.25) is 0 Å². The summed E-state index contributed by atoms with van der Waals surface area (Å²) in [6, 6.07) is 11.4. The average molecular weight is 275 g/mol. The fourth-order valence-electron chi connectivity index (χ4n) is 1.89. The molecule has 6 heteroatoms. The highest BCUT2D eigenvalue weighted by atomic mass is 35.5. The molecule has 0 aliphatic rings. The molecule has 0 bridgehead atoms. The lowest BCUT2D eigenvalue weighted by molar-refractivity contribution is -0.384. The highest BCUT2D eigenvalue weighted by Crippen LogP contribution is 2.31. The van der Waals surface area contributed by atoms with Gasteiger partial charge in [-0.3, -0.25) is 10.1 Å². The van der Waals surface area contributed by atoms with E-state index in [1.165, 1.54) is 12.1 Å². The van der Waals surface area contributed by atoms with Crippen LogP contribution >= 0.6 is 11.6 Å². The Morgan fingerprint density at radius 1 is 1.21 bits per heavy atom. The van der Waals surface area contributed by atoms with Gasteiger partial charge in [0.1, 0.15) is 5.69 Å². The predicted octanol–water partition coefficient (Wildman–Crippen LogP) is 4.06. The predicted molar refractivity (Wildman–Crippen MR) is 71.1 cm³/mol. The molecule has 0 saturated heterocycles. The zero-order chi connectivity index (χ0) is 13.4. The molecule has 0 amide bonds. The smallest absolute Gasteiger partial charge is 0.270 e. The molecule has 5 nitrogen and oxygen atoms in total. The SMILES string of the molecule is O=[N+]([O-])c1cccc(-c2noc3ccc(Cl)cc23)c1. The van der Waals surface area contributed by atoms with Crippen molar-refractivity contribution >= 4 is 28.3 Å². The van der Waals surface area contributed by atoms with Crippen molar-refractivity contribution in [3.05, 3.63) is 57.6 Å². The van der Waals surface area contributed by atoms with Crippen molar-refractivity contribution in [3.63, 3.8) is 0 Å². The Bertz CT molecular complexity index is 782. The normalized spacial score (nSPS) is 10.8. The highest BCUT2D eigenvalue weighted by Gasteiger charge is 2.13. The third-order valence-electron chi connectivity index (χ3n) is 2.76. The largest absolute Gasteiger partial charge is 0.356 e. The van der Waals surface area contributed by atoms with E-state index in [4.69, 9.17) is 16.1 Å². The molecule has 2 aromatic carbocycles. The van der Waals surface area contributed by atoms with Crippen LogP contribution in [0.3, 0.4) is 0 Å². The van der Waals surface area contributed by atoms with Gasteiger partial charge in [-0.25, -0.2) is 0 Å². The molecular formula is C13H7ClN2O3. The van der Waals surface area contributed by atoms with Gasteiger partial charge in [0.05, 0.1) is 10.3 Å². The third-order valence-corrected chi connectivity index (χ3v) is 3.00. The molecule has 3 aromatic rings. The molecule has 0 atom stereocenters.